The third-order valence-corrected chi connectivity index (χ3v) is 25.2. The Morgan fingerprint density at radius 2 is 1.07 bits per heavy atom. The SMILES string of the molecule is CCC[CH2][Sn]([CH2]CCC)[CH2]CC(C)/C=C/[CH](CCC)[Sn]([CH2]CCC)[CH2]CCC. The Kier molecular flexibility index (Phi) is 22.6. The first-order valence-corrected chi connectivity index (χ1v) is 24.7. The van der Waals surface area contributed by atoms with Crippen molar-refractivity contribution in [3.8, 4) is 0 Å². The Bertz CT molecular complexity index is 323. The molecule has 28 heavy (non-hydrogen) atoms. The van der Waals surface area contributed by atoms with Crippen molar-refractivity contribution in [2.45, 2.75) is 138 Å². The van der Waals surface area contributed by atoms with Crippen molar-refractivity contribution >= 4 is 39.5 Å². The van der Waals surface area contributed by atoms with E-state index >= 15 is 0 Å². The van der Waals surface area contributed by atoms with Crippen LogP contribution in [0.5, 0.6) is 0 Å². The number of rotatable bonds is 20. The third kappa shape index (κ3) is 16.1. The van der Waals surface area contributed by atoms with Crippen molar-refractivity contribution in [1.82, 2.24) is 0 Å². The molecule has 0 rings (SSSR count). The fourth-order valence-electron chi connectivity index (χ4n) is 4.13. The molecule has 0 heterocycles. The molecule has 0 fully saturated rings. The second kappa shape index (κ2) is 21.6. The van der Waals surface area contributed by atoms with Crippen molar-refractivity contribution in [3.05, 3.63) is 12.2 Å². The number of hydrogen-bond donors (Lipinski definition) is 0. The first-order valence-electron chi connectivity index (χ1n) is 13.0. The molecule has 2 radical (unpaired) electrons. The summed E-state index contributed by atoms with van der Waals surface area (Å²) in [5.74, 6) is 0.834. The Morgan fingerprint density at radius 3 is 1.54 bits per heavy atom. The summed E-state index contributed by atoms with van der Waals surface area (Å²) in [6.45, 7) is 14.4. The predicted molar refractivity (Wildman–Crippen MR) is 137 cm³/mol. The molecule has 0 aliphatic rings. The first kappa shape index (κ1) is 29.3. The quantitative estimate of drug-likeness (QED) is 0.0959. The summed E-state index contributed by atoms with van der Waals surface area (Å²) in [5.41, 5.74) is 0. The van der Waals surface area contributed by atoms with Gasteiger partial charge in [-0.05, 0) is 0 Å². The fourth-order valence-corrected chi connectivity index (χ4v) is 24.1. The fraction of sp³-hybridized carbons (Fsp3) is 0.923. The summed E-state index contributed by atoms with van der Waals surface area (Å²) < 4.78 is 9.32. The molecule has 0 nitrogen and oxygen atoms in total. The zero-order chi connectivity index (χ0) is 21.0. The summed E-state index contributed by atoms with van der Waals surface area (Å²) in [6, 6.07) is 0. The second-order valence-corrected chi connectivity index (χ2v) is 26.4. The van der Waals surface area contributed by atoms with Gasteiger partial charge in [-0.15, -0.1) is 0 Å². The van der Waals surface area contributed by atoms with Crippen LogP contribution in [0, 0.1) is 5.92 Å². The number of allylic oxidation sites excluding steroid dienone is 2. The summed E-state index contributed by atoms with van der Waals surface area (Å²) >= 11 is -2.31. The van der Waals surface area contributed by atoms with Crippen molar-refractivity contribution in [1.29, 1.82) is 0 Å². The van der Waals surface area contributed by atoms with E-state index in [4.69, 9.17) is 0 Å². The topological polar surface area (TPSA) is 0 Å². The van der Waals surface area contributed by atoms with Crippen molar-refractivity contribution in [3.63, 3.8) is 0 Å². The summed E-state index contributed by atoms with van der Waals surface area (Å²) in [4.78, 5) is 0. The summed E-state index contributed by atoms with van der Waals surface area (Å²) in [7, 11) is 0. The van der Waals surface area contributed by atoms with Crippen LogP contribution in [0.2, 0.25) is 26.1 Å². The van der Waals surface area contributed by atoms with Crippen LogP contribution >= 0.6 is 0 Å². The van der Waals surface area contributed by atoms with E-state index in [0.29, 0.717) is 0 Å². The van der Waals surface area contributed by atoms with Crippen LogP contribution in [0.25, 0.3) is 0 Å². The van der Waals surface area contributed by atoms with Gasteiger partial charge in [-0.25, -0.2) is 0 Å². The molecule has 0 aromatic heterocycles. The van der Waals surface area contributed by atoms with E-state index in [1.165, 1.54) is 70.6 Å². The Labute approximate surface area is 194 Å². The molecule has 166 valence electrons. The molecule has 0 N–H and O–H groups in total. The molecule has 0 saturated heterocycles. The Hall–Kier alpha value is 1.34. The molecular formula is C26H54Sn2. The summed E-state index contributed by atoms with van der Waals surface area (Å²) in [5, 5.41) is 0. The Balaban J connectivity index is 4.68. The minimum absolute atomic E-state index is 0.834. The average Bonchev–Trinajstić information content (AvgIpc) is 2.71. The Morgan fingerprint density at radius 1 is 0.571 bits per heavy atom. The molecule has 2 heteroatoms. The van der Waals surface area contributed by atoms with Gasteiger partial charge in [-0.1, -0.05) is 0 Å². The van der Waals surface area contributed by atoms with Gasteiger partial charge in [0.05, 0.1) is 0 Å². The summed E-state index contributed by atoms with van der Waals surface area (Å²) in [6.07, 6.45) is 21.5. The molecule has 0 spiro atoms. The molecule has 0 aliphatic heterocycles. The number of unbranched alkanes of at least 4 members (excludes halogenated alkanes) is 4. The van der Waals surface area contributed by atoms with Crippen LogP contribution in [-0.2, 0) is 0 Å². The molecule has 0 amide bonds. The van der Waals surface area contributed by atoms with Crippen LogP contribution in [-0.4, -0.2) is 39.5 Å². The van der Waals surface area contributed by atoms with E-state index in [-0.39, 0.29) is 0 Å². The molecule has 2 unspecified atom stereocenters. The van der Waals surface area contributed by atoms with Gasteiger partial charge in [0, 0.05) is 0 Å². The van der Waals surface area contributed by atoms with E-state index in [2.05, 4.69) is 53.7 Å². The zero-order valence-corrected chi connectivity index (χ0v) is 26.3. The molecule has 0 aliphatic carbocycles. The standard InChI is InChI=1S/C10H18.4C4H9.2Sn/c1-4-6-7-8-9-10(3)5-2;4*1-3-4-2;;/h7-10H,2,4-6H2,1,3H3;4*1,3-4H2,2H3;;/b9-8+;;;;;;. The minimum atomic E-state index is -1.25. The maximum absolute atomic E-state index is 2.76. The van der Waals surface area contributed by atoms with Crippen molar-refractivity contribution in [2.24, 2.45) is 5.92 Å². The maximum atomic E-state index is 2.76. The van der Waals surface area contributed by atoms with Crippen LogP contribution < -0.4 is 0 Å². The van der Waals surface area contributed by atoms with E-state index in [9.17, 15) is 0 Å². The van der Waals surface area contributed by atoms with Gasteiger partial charge in [-0.3, -0.25) is 0 Å². The van der Waals surface area contributed by atoms with Gasteiger partial charge < -0.3 is 0 Å². The predicted octanol–water partition coefficient (Wildman–Crippen LogP) is 9.93. The van der Waals surface area contributed by atoms with Gasteiger partial charge in [0.2, 0.25) is 0 Å². The molecule has 0 bridgehead atoms. The average molecular weight is 604 g/mol. The van der Waals surface area contributed by atoms with Crippen LogP contribution in [0.1, 0.15) is 112 Å². The normalized spacial score (nSPS) is 14.4. The van der Waals surface area contributed by atoms with E-state index in [1.807, 2.05) is 0 Å². The van der Waals surface area contributed by atoms with E-state index in [1.54, 1.807) is 22.2 Å². The molecule has 0 aromatic rings. The monoisotopic (exact) mass is 606 g/mol. The van der Waals surface area contributed by atoms with Crippen LogP contribution in [0.15, 0.2) is 12.2 Å². The van der Waals surface area contributed by atoms with Crippen LogP contribution in [0.4, 0.5) is 0 Å². The van der Waals surface area contributed by atoms with Crippen molar-refractivity contribution in [2.75, 3.05) is 0 Å². The van der Waals surface area contributed by atoms with E-state index in [0.717, 1.165) is 9.85 Å². The number of hydrogen-bond acceptors (Lipinski definition) is 0. The second-order valence-electron chi connectivity index (χ2n) is 9.12. The van der Waals surface area contributed by atoms with Gasteiger partial charge >= 0.3 is 196 Å². The molecular weight excluding hydrogens is 550 g/mol. The molecule has 0 aromatic carbocycles. The zero-order valence-electron chi connectivity index (χ0n) is 20.6. The van der Waals surface area contributed by atoms with Crippen molar-refractivity contribution < 1.29 is 0 Å². The van der Waals surface area contributed by atoms with Crippen LogP contribution in [0.3, 0.4) is 0 Å². The van der Waals surface area contributed by atoms with Gasteiger partial charge in [-0.2, -0.15) is 0 Å². The van der Waals surface area contributed by atoms with E-state index < -0.39 is 39.5 Å². The first-order chi connectivity index (χ1) is 13.6. The molecule has 0 saturated carbocycles. The van der Waals surface area contributed by atoms with Gasteiger partial charge in [0.1, 0.15) is 0 Å². The third-order valence-electron chi connectivity index (χ3n) is 6.22. The molecule has 2 atom stereocenters. The van der Waals surface area contributed by atoms with Gasteiger partial charge in [0.25, 0.3) is 0 Å². The van der Waals surface area contributed by atoms with Gasteiger partial charge in [0.15, 0.2) is 0 Å².